The predicted octanol–water partition coefficient (Wildman–Crippen LogP) is 13.5. The number of carbonyl (C=O) groups excluding carboxylic acids is 1. The van der Waals surface area contributed by atoms with E-state index in [0.29, 0.717) is 18.9 Å². The molecule has 0 aliphatic heterocycles. The molecule has 332 valence electrons. The van der Waals surface area contributed by atoms with Crippen LogP contribution in [0.15, 0.2) is 0 Å². The molecule has 0 spiro atoms. The third-order valence-corrected chi connectivity index (χ3v) is 11.0. The molecule has 0 heterocycles. The van der Waals surface area contributed by atoms with Crippen LogP contribution in [0.3, 0.4) is 0 Å². The van der Waals surface area contributed by atoms with Crippen molar-refractivity contribution in [3.05, 3.63) is 0 Å². The van der Waals surface area contributed by atoms with Crippen LogP contribution in [0.25, 0.3) is 0 Å². The van der Waals surface area contributed by atoms with Gasteiger partial charge in [-0.2, -0.15) is 0 Å². The van der Waals surface area contributed by atoms with Crippen molar-refractivity contribution in [3.63, 3.8) is 0 Å². The summed E-state index contributed by atoms with van der Waals surface area (Å²) in [6.45, 7) is 14.2. The van der Waals surface area contributed by atoms with E-state index in [9.17, 15) is 15.0 Å². The largest absolute Gasteiger partial charge is 0.462 e. The van der Waals surface area contributed by atoms with Crippen molar-refractivity contribution in [2.45, 2.75) is 265 Å². The van der Waals surface area contributed by atoms with E-state index in [-0.39, 0.29) is 45.8 Å². The molecule has 55 heavy (non-hydrogen) atoms. The maximum atomic E-state index is 12.3. The number of rotatable bonds is 40. The topological polar surface area (TPSA) is 90.2 Å². The normalized spacial score (nSPS) is 12.8. The molecule has 1 saturated carbocycles. The van der Waals surface area contributed by atoms with E-state index in [1.807, 2.05) is 13.8 Å². The minimum absolute atomic E-state index is 0. The first-order valence-electron chi connectivity index (χ1n) is 24.3. The van der Waals surface area contributed by atoms with Crippen molar-refractivity contribution >= 4 is 5.97 Å². The fraction of sp³-hybridized carbons (Fsp3) is 0.979. The van der Waals surface area contributed by atoms with Crippen LogP contribution >= 0.6 is 0 Å². The van der Waals surface area contributed by atoms with Crippen LogP contribution in [0.2, 0.25) is 0 Å². The van der Waals surface area contributed by atoms with Crippen LogP contribution < -0.4 is 0 Å². The van der Waals surface area contributed by atoms with Gasteiger partial charge in [0, 0.05) is 40.6 Å². The van der Waals surface area contributed by atoms with Gasteiger partial charge in [0.05, 0.1) is 12.7 Å². The van der Waals surface area contributed by atoms with E-state index < -0.39 is 0 Å². The Labute approximate surface area is 359 Å². The summed E-state index contributed by atoms with van der Waals surface area (Å²) < 4.78 is 5.87. The number of esters is 1. The second-order valence-corrected chi connectivity index (χ2v) is 16.3. The van der Waals surface area contributed by atoms with E-state index in [0.717, 1.165) is 71.0 Å². The maximum absolute atomic E-state index is 12.3. The number of aliphatic hydroxyl groups excluding tert-OH is 3. The van der Waals surface area contributed by atoms with Crippen LogP contribution in [0.4, 0.5) is 0 Å². The molecule has 6 nitrogen and oxygen atoms in total. The summed E-state index contributed by atoms with van der Waals surface area (Å²) in [5.41, 5.74) is 0. The van der Waals surface area contributed by atoms with Crippen LogP contribution in [0, 0.1) is 5.92 Å². The average Bonchev–Trinajstić information content (AvgIpc) is 4.03. The Hall–Kier alpha value is -0.00169. The van der Waals surface area contributed by atoms with Gasteiger partial charge in [-0.3, -0.25) is 4.79 Å². The molecule has 1 atom stereocenters. The number of hydrogen-bond donors (Lipinski definition) is 3. The SMILES string of the molecule is CC.CCCCCCCCC(O)CCCCCCCC.CCCCCCCCC(OC(=O)CCCCCCCN(CCO)CCCCCCCO)C1CC1.[W]. The minimum Gasteiger partial charge on any atom is -0.462 e. The van der Waals surface area contributed by atoms with Crippen molar-refractivity contribution in [1.82, 2.24) is 4.90 Å². The fourth-order valence-corrected chi connectivity index (χ4v) is 7.27. The van der Waals surface area contributed by atoms with Gasteiger partial charge in [-0.05, 0) is 83.2 Å². The van der Waals surface area contributed by atoms with Crippen molar-refractivity contribution in [2.24, 2.45) is 5.92 Å². The summed E-state index contributed by atoms with van der Waals surface area (Å²) in [5.74, 6) is 0.665. The molecule has 7 heteroatoms. The molecule has 0 aromatic heterocycles. The average molecular weight is 954 g/mol. The number of ether oxygens (including phenoxy) is 1. The Morgan fingerprint density at radius 1 is 0.527 bits per heavy atom. The smallest absolute Gasteiger partial charge is 0.306 e. The molecule has 0 saturated heterocycles. The zero-order valence-corrected chi connectivity index (χ0v) is 40.8. The molecule has 1 rings (SSSR count). The van der Waals surface area contributed by atoms with Gasteiger partial charge >= 0.3 is 5.97 Å². The Bertz CT molecular complexity index is 694. The summed E-state index contributed by atoms with van der Waals surface area (Å²) >= 11 is 0. The minimum atomic E-state index is -0.0256. The first kappa shape index (κ1) is 59.3. The Morgan fingerprint density at radius 3 is 1.33 bits per heavy atom. The molecule has 1 aliphatic rings. The number of carbonyl (C=O) groups is 1. The van der Waals surface area contributed by atoms with Gasteiger partial charge in [-0.15, -0.1) is 0 Å². The summed E-state index contributed by atoms with van der Waals surface area (Å²) in [5, 5.41) is 28.0. The molecule has 0 aromatic rings. The molecular weight excluding hydrogens is 854 g/mol. The van der Waals surface area contributed by atoms with Crippen LogP contribution in [0.5, 0.6) is 0 Å². The van der Waals surface area contributed by atoms with Crippen molar-refractivity contribution < 1.29 is 45.9 Å². The molecule has 0 radical (unpaired) electrons. The quantitative estimate of drug-likeness (QED) is 0.0419. The Balaban J connectivity index is -0.00000109. The maximum Gasteiger partial charge on any atom is 0.306 e. The fourth-order valence-electron chi connectivity index (χ4n) is 7.27. The second-order valence-electron chi connectivity index (χ2n) is 16.3. The van der Waals surface area contributed by atoms with Gasteiger partial charge in [0.25, 0.3) is 0 Å². The molecular formula is C48H99NO5W. The van der Waals surface area contributed by atoms with Gasteiger partial charge in [0.15, 0.2) is 0 Å². The van der Waals surface area contributed by atoms with E-state index in [1.165, 1.54) is 161 Å². The van der Waals surface area contributed by atoms with Crippen molar-refractivity contribution in [2.75, 3.05) is 32.8 Å². The molecule has 0 bridgehead atoms. The van der Waals surface area contributed by atoms with Crippen molar-refractivity contribution in [1.29, 1.82) is 0 Å². The number of nitrogens with zero attached hydrogens (tertiary/aromatic N) is 1. The summed E-state index contributed by atoms with van der Waals surface area (Å²) in [6, 6.07) is 0. The summed E-state index contributed by atoms with van der Waals surface area (Å²) in [4.78, 5) is 14.7. The van der Waals surface area contributed by atoms with Gasteiger partial charge < -0.3 is 25.0 Å². The molecule has 1 fully saturated rings. The standard InChI is InChI=1S/C29H57NO4.C17H36O.C2H6.W/c1-2-3-4-5-8-13-18-28(27-20-21-27)34-29(33)19-14-9-6-10-15-22-30(24-26-32)23-16-11-7-12-17-25-31;1-3-5-7-9-11-13-15-17(18)16-14-12-10-8-6-4-2;1-2;/h27-28,31-32H,2-26H2,1H3;17-18H,3-16H2,1-2H3;1-2H3;. The number of hydrogen-bond acceptors (Lipinski definition) is 6. The summed E-state index contributed by atoms with van der Waals surface area (Å²) in [7, 11) is 0. The van der Waals surface area contributed by atoms with E-state index in [1.54, 1.807) is 0 Å². The predicted molar refractivity (Wildman–Crippen MR) is 235 cm³/mol. The van der Waals surface area contributed by atoms with E-state index in [4.69, 9.17) is 9.84 Å². The third kappa shape index (κ3) is 46.6. The Kier molecular flexibility index (Phi) is 54.1. The van der Waals surface area contributed by atoms with Crippen LogP contribution in [0.1, 0.15) is 253 Å². The van der Waals surface area contributed by atoms with E-state index in [2.05, 4.69) is 25.7 Å². The third-order valence-electron chi connectivity index (χ3n) is 11.0. The second kappa shape index (κ2) is 50.1. The van der Waals surface area contributed by atoms with Gasteiger partial charge in [0.2, 0.25) is 0 Å². The molecule has 0 amide bonds. The first-order chi connectivity index (χ1) is 26.5. The number of aliphatic hydroxyl groups is 3. The monoisotopic (exact) mass is 954 g/mol. The Morgan fingerprint density at radius 2 is 0.909 bits per heavy atom. The zero-order valence-electron chi connectivity index (χ0n) is 37.8. The molecule has 3 N–H and O–H groups in total. The molecule has 1 unspecified atom stereocenters. The zero-order chi connectivity index (χ0) is 40.2. The van der Waals surface area contributed by atoms with Gasteiger partial charge in [-0.1, -0.05) is 182 Å². The van der Waals surface area contributed by atoms with Crippen molar-refractivity contribution in [3.8, 4) is 0 Å². The van der Waals surface area contributed by atoms with E-state index >= 15 is 0 Å². The molecule has 0 aromatic carbocycles. The molecule has 1 aliphatic carbocycles. The van der Waals surface area contributed by atoms with Crippen LogP contribution in [-0.2, 0) is 30.6 Å². The first-order valence-corrected chi connectivity index (χ1v) is 24.3. The number of unbranched alkanes of at least 4 members (excludes halogenated alkanes) is 23. The summed E-state index contributed by atoms with van der Waals surface area (Å²) in [6.07, 6.45) is 41.2. The van der Waals surface area contributed by atoms with Gasteiger partial charge in [-0.25, -0.2) is 0 Å². The van der Waals surface area contributed by atoms with Crippen LogP contribution in [-0.4, -0.2) is 71.2 Å². The van der Waals surface area contributed by atoms with Gasteiger partial charge in [0.1, 0.15) is 6.10 Å².